The number of carbonyl (C=O) groups excluding carboxylic acids is 2. The molecular weight excluding hydrogens is 436 g/mol. The van der Waals surface area contributed by atoms with Gasteiger partial charge in [0.2, 0.25) is 10.0 Å². The standard InChI is InChI=1S/C18H24N2O8S2/c1-13-2-3-15(30(25,26)20-5-7-27-8-6-20)10-16(13)18(22)28-11-17(21)19-14-4-9-29(23,24)12-14/h2-3,10,14H,4-9,11-12H2,1H3,(H,19,21)/t14-/m1/s1. The van der Waals surface area contributed by atoms with Crippen LogP contribution in [0.3, 0.4) is 0 Å². The van der Waals surface area contributed by atoms with Gasteiger partial charge in [0, 0.05) is 19.1 Å². The van der Waals surface area contributed by atoms with Gasteiger partial charge in [-0.05, 0) is 31.0 Å². The lowest BCUT2D eigenvalue weighted by Crippen LogP contribution is -2.40. The summed E-state index contributed by atoms with van der Waals surface area (Å²) >= 11 is 0. The third-order valence-corrected chi connectivity index (χ3v) is 8.63. The van der Waals surface area contributed by atoms with Gasteiger partial charge in [0.25, 0.3) is 5.91 Å². The molecule has 2 heterocycles. The fraction of sp³-hybridized carbons (Fsp3) is 0.556. The van der Waals surface area contributed by atoms with Crippen molar-refractivity contribution in [1.82, 2.24) is 9.62 Å². The number of amides is 1. The Kier molecular flexibility index (Phi) is 6.80. The second-order valence-corrected chi connectivity index (χ2v) is 11.4. The number of aryl methyl sites for hydroxylation is 1. The van der Waals surface area contributed by atoms with Crippen LogP contribution in [0.25, 0.3) is 0 Å². The number of benzene rings is 1. The van der Waals surface area contributed by atoms with Gasteiger partial charge in [0.1, 0.15) is 0 Å². The number of sulfonamides is 1. The first kappa shape index (κ1) is 22.7. The minimum atomic E-state index is -3.78. The minimum Gasteiger partial charge on any atom is -0.452 e. The molecule has 2 fully saturated rings. The SMILES string of the molecule is Cc1ccc(S(=O)(=O)N2CCOCC2)cc1C(=O)OCC(=O)N[C@@H]1CCS(=O)(=O)C1. The van der Waals surface area contributed by atoms with Crippen LogP contribution >= 0.6 is 0 Å². The molecule has 0 bridgehead atoms. The molecule has 1 aromatic rings. The predicted octanol–water partition coefficient (Wildman–Crippen LogP) is -0.524. The number of rotatable bonds is 6. The molecule has 0 radical (unpaired) electrons. The zero-order valence-electron chi connectivity index (χ0n) is 16.5. The zero-order valence-corrected chi connectivity index (χ0v) is 18.1. The number of hydrogen-bond acceptors (Lipinski definition) is 8. The maximum absolute atomic E-state index is 12.8. The number of nitrogens with zero attached hydrogens (tertiary/aromatic N) is 1. The summed E-state index contributed by atoms with van der Waals surface area (Å²) in [6.45, 7) is 2.11. The topological polar surface area (TPSA) is 136 Å². The van der Waals surface area contributed by atoms with Crippen LogP contribution in [0, 0.1) is 6.92 Å². The van der Waals surface area contributed by atoms with E-state index in [-0.39, 0.29) is 35.1 Å². The van der Waals surface area contributed by atoms with Crippen LogP contribution in [0.1, 0.15) is 22.3 Å². The number of ether oxygens (including phenoxy) is 2. The normalized spacial score (nSPS) is 21.8. The van der Waals surface area contributed by atoms with Crippen LogP contribution in [0.15, 0.2) is 23.1 Å². The molecule has 1 N–H and O–H groups in total. The van der Waals surface area contributed by atoms with Crippen LogP contribution < -0.4 is 5.32 Å². The van der Waals surface area contributed by atoms with Crippen LogP contribution in [0.5, 0.6) is 0 Å². The summed E-state index contributed by atoms with van der Waals surface area (Å²) in [4.78, 5) is 24.4. The van der Waals surface area contributed by atoms with Gasteiger partial charge in [0.15, 0.2) is 16.4 Å². The summed E-state index contributed by atoms with van der Waals surface area (Å²) in [6, 6.07) is 3.67. The summed E-state index contributed by atoms with van der Waals surface area (Å²) in [5.41, 5.74) is 0.545. The average molecular weight is 461 g/mol. The number of esters is 1. The fourth-order valence-corrected chi connectivity index (χ4v) is 6.41. The minimum absolute atomic E-state index is 0.0152. The van der Waals surface area contributed by atoms with Gasteiger partial charge in [-0.2, -0.15) is 4.31 Å². The third kappa shape index (κ3) is 5.36. The van der Waals surface area contributed by atoms with Crippen molar-refractivity contribution >= 4 is 31.7 Å². The quantitative estimate of drug-likeness (QED) is 0.560. The monoisotopic (exact) mass is 460 g/mol. The Balaban J connectivity index is 1.64. The molecule has 2 aliphatic rings. The van der Waals surface area contributed by atoms with Gasteiger partial charge >= 0.3 is 5.97 Å². The van der Waals surface area contributed by atoms with E-state index in [0.717, 1.165) is 0 Å². The molecule has 0 aromatic heterocycles. The number of morpholine rings is 1. The van der Waals surface area contributed by atoms with Crippen molar-refractivity contribution in [2.24, 2.45) is 0 Å². The van der Waals surface area contributed by atoms with E-state index in [2.05, 4.69) is 5.32 Å². The molecule has 3 rings (SSSR count). The van der Waals surface area contributed by atoms with Gasteiger partial charge < -0.3 is 14.8 Å². The Morgan fingerprint density at radius 1 is 1.27 bits per heavy atom. The van der Waals surface area contributed by atoms with Crippen molar-refractivity contribution in [2.75, 3.05) is 44.4 Å². The molecule has 2 aliphatic heterocycles. The molecule has 0 spiro atoms. The maximum atomic E-state index is 12.8. The molecule has 0 unspecified atom stereocenters. The summed E-state index contributed by atoms with van der Waals surface area (Å²) in [5.74, 6) is -1.56. The smallest absolute Gasteiger partial charge is 0.338 e. The van der Waals surface area contributed by atoms with Crippen LogP contribution in [0.2, 0.25) is 0 Å². The van der Waals surface area contributed by atoms with Gasteiger partial charge in [-0.15, -0.1) is 0 Å². The highest BCUT2D eigenvalue weighted by molar-refractivity contribution is 7.91. The van der Waals surface area contributed by atoms with Gasteiger partial charge in [-0.3, -0.25) is 4.79 Å². The molecule has 0 aliphatic carbocycles. The first-order chi connectivity index (χ1) is 14.1. The van der Waals surface area contributed by atoms with Gasteiger partial charge in [0.05, 0.1) is 35.2 Å². The van der Waals surface area contributed by atoms with Crippen molar-refractivity contribution in [3.05, 3.63) is 29.3 Å². The number of nitrogens with one attached hydrogen (secondary N) is 1. The molecule has 12 heteroatoms. The van der Waals surface area contributed by atoms with Gasteiger partial charge in [-0.25, -0.2) is 21.6 Å². The number of hydrogen-bond donors (Lipinski definition) is 1. The summed E-state index contributed by atoms with van der Waals surface area (Å²) in [6.07, 6.45) is 0.322. The first-order valence-electron chi connectivity index (χ1n) is 9.44. The van der Waals surface area contributed by atoms with Crippen molar-refractivity contribution < 1.29 is 35.9 Å². The molecular formula is C18H24N2O8S2. The predicted molar refractivity (Wildman–Crippen MR) is 106 cm³/mol. The average Bonchev–Trinajstić information content (AvgIpc) is 3.05. The van der Waals surface area contributed by atoms with Crippen molar-refractivity contribution in [2.45, 2.75) is 24.3 Å². The number of sulfone groups is 1. The van der Waals surface area contributed by atoms with Crippen LogP contribution in [-0.4, -0.2) is 83.5 Å². The van der Waals surface area contributed by atoms with Crippen molar-refractivity contribution in [1.29, 1.82) is 0 Å². The molecule has 1 amide bonds. The highest BCUT2D eigenvalue weighted by Crippen LogP contribution is 2.21. The Morgan fingerprint density at radius 3 is 2.60 bits per heavy atom. The lowest BCUT2D eigenvalue weighted by Gasteiger charge is -2.26. The summed E-state index contributed by atoms with van der Waals surface area (Å²) in [5, 5.41) is 2.52. The molecule has 1 atom stereocenters. The largest absolute Gasteiger partial charge is 0.452 e. The van der Waals surface area contributed by atoms with E-state index in [4.69, 9.17) is 9.47 Å². The second-order valence-electron chi connectivity index (χ2n) is 7.24. The summed E-state index contributed by atoms with van der Waals surface area (Å²) < 4.78 is 59.9. The Hall–Kier alpha value is -2.02. The van der Waals surface area contributed by atoms with Crippen LogP contribution in [0.4, 0.5) is 0 Å². The second kappa shape index (κ2) is 9.00. The van der Waals surface area contributed by atoms with E-state index >= 15 is 0 Å². The molecule has 0 saturated carbocycles. The third-order valence-electron chi connectivity index (χ3n) is 4.97. The van der Waals surface area contributed by atoms with E-state index in [0.29, 0.717) is 25.2 Å². The highest BCUT2D eigenvalue weighted by atomic mass is 32.2. The zero-order chi connectivity index (χ0) is 21.9. The molecule has 10 nitrogen and oxygen atoms in total. The fourth-order valence-electron chi connectivity index (χ4n) is 3.30. The van der Waals surface area contributed by atoms with E-state index < -0.39 is 44.4 Å². The maximum Gasteiger partial charge on any atom is 0.338 e. The lowest BCUT2D eigenvalue weighted by molar-refractivity contribution is -0.124. The Morgan fingerprint density at radius 2 is 1.97 bits per heavy atom. The molecule has 1 aromatic carbocycles. The number of carbonyl (C=O) groups is 2. The molecule has 166 valence electrons. The van der Waals surface area contributed by atoms with Crippen molar-refractivity contribution in [3.8, 4) is 0 Å². The summed E-state index contributed by atoms with van der Waals surface area (Å²) in [7, 11) is -6.92. The highest BCUT2D eigenvalue weighted by Gasteiger charge is 2.30. The Labute approximate surface area is 175 Å². The van der Waals surface area contributed by atoms with E-state index in [1.807, 2.05) is 0 Å². The Bertz CT molecular complexity index is 1030. The van der Waals surface area contributed by atoms with Gasteiger partial charge in [-0.1, -0.05) is 6.07 Å². The van der Waals surface area contributed by atoms with E-state index in [9.17, 15) is 26.4 Å². The molecule has 2 saturated heterocycles. The molecule has 30 heavy (non-hydrogen) atoms. The van der Waals surface area contributed by atoms with Crippen molar-refractivity contribution in [3.63, 3.8) is 0 Å². The lowest BCUT2D eigenvalue weighted by atomic mass is 10.1. The first-order valence-corrected chi connectivity index (χ1v) is 12.7. The van der Waals surface area contributed by atoms with E-state index in [1.165, 1.54) is 22.5 Å². The van der Waals surface area contributed by atoms with E-state index in [1.54, 1.807) is 6.92 Å². The van der Waals surface area contributed by atoms with Crippen LogP contribution in [-0.2, 0) is 34.1 Å².